The van der Waals surface area contributed by atoms with Crippen molar-refractivity contribution in [2.75, 3.05) is 6.61 Å². The number of halogens is 1. The summed E-state index contributed by atoms with van der Waals surface area (Å²) in [6, 6.07) is 2.02. The summed E-state index contributed by atoms with van der Waals surface area (Å²) in [5.74, 6) is -1.07. The smallest absolute Gasteiger partial charge is 0.336 e. The Balaban J connectivity index is 2.77. The van der Waals surface area contributed by atoms with Crippen molar-refractivity contribution in [3.8, 4) is 18.6 Å². The highest BCUT2D eigenvalue weighted by Crippen LogP contribution is 2.48. The van der Waals surface area contributed by atoms with Crippen LogP contribution < -0.4 is 0 Å². The zero-order valence-corrected chi connectivity index (χ0v) is 13.2. The van der Waals surface area contributed by atoms with E-state index in [1.54, 1.807) is 6.92 Å². The summed E-state index contributed by atoms with van der Waals surface area (Å²) in [4.78, 5) is 23.2. The summed E-state index contributed by atoms with van der Waals surface area (Å²) >= 11 is 3.28. The maximum atomic E-state index is 11.9. The molecule has 3 atom stereocenters. The van der Waals surface area contributed by atoms with E-state index in [1.807, 2.05) is 12.2 Å². The van der Waals surface area contributed by atoms with E-state index in [0.717, 1.165) is 11.8 Å². The van der Waals surface area contributed by atoms with Gasteiger partial charge in [-0.2, -0.15) is 5.26 Å². The van der Waals surface area contributed by atoms with Crippen molar-refractivity contribution in [2.45, 2.75) is 33.7 Å². The van der Waals surface area contributed by atoms with Crippen LogP contribution in [0.4, 0.5) is 0 Å². The van der Waals surface area contributed by atoms with E-state index >= 15 is 0 Å². The first-order valence-electron chi connectivity index (χ1n) is 5.54. The molecule has 0 spiro atoms. The zero-order valence-electron chi connectivity index (χ0n) is 10.2. The Morgan fingerprint density at radius 1 is 1.63 bits per heavy atom. The van der Waals surface area contributed by atoms with Crippen LogP contribution >= 0.6 is 34.4 Å². The van der Waals surface area contributed by atoms with E-state index < -0.39 is 16.7 Å². The van der Waals surface area contributed by atoms with Crippen molar-refractivity contribution in [3.05, 3.63) is 0 Å². The van der Waals surface area contributed by atoms with Gasteiger partial charge in [0.1, 0.15) is 6.11 Å². The quantitative estimate of drug-likeness (QED) is 0.313. The molecule has 0 saturated carbocycles. The van der Waals surface area contributed by atoms with Crippen LogP contribution in [0.15, 0.2) is 0 Å². The average Bonchev–Trinajstić information content (AvgIpc) is 2.68. The molecule has 1 saturated heterocycles. The highest BCUT2D eigenvalue weighted by molar-refractivity contribution is 14.1. The molecule has 19 heavy (non-hydrogen) atoms. The second-order valence-corrected chi connectivity index (χ2v) is 6.97. The minimum Gasteiger partial charge on any atom is -0.464 e. The van der Waals surface area contributed by atoms with E-state index in [1.165, 1.54) is 0 Å². The number of esters is 2. The van der Waals surface area contributed by atoms with E-state index in [-0.39, 0.29) is 22.2 Å². The molecule has 0 aliphatic carbocycles. The topological polar surface area (TPSA) is 76.4 Å². The molecule has 0 aromatic rings. The fraction of sp³-hybridized carbons (Fsp3) is 0.583. The summed E-state index contributed by atoms with van der Waals surface area (Å²) in [5, 5.41) is 9.07. The molecule has 1 aliphatic rings. The molecule has 0 unspecified atom stereocenters. The van der Waals surface area contributed by atoms with Gasteiger partial charge in [0.05, 0.1) is 19.1 Å². The van der Waals surface area contributed by atoms with Gasteiger partial charge in [-0.3, -0.25) is 4.79 Å². The molecule has 1 heterocycles. The largest absolute Gasteiger partial charge is 0.464 e. The number of nitriles is 1. The van der Waals surface area contributed by atoms with Crippen molar-refractivity contribution in [3.63, 3.8) is 0 Å². The van der Waals surface area contributed by atoms with Gasteiger partial charge in [-0.05, 0) is 13.3 Å². The number of carbonyl (C=O) groups excluding carboxylic acids is 2. The van der Waals surface area contributed by atoms with Gasteiger partial charge in [0.15, 0.2) is 0 Å². The van der Waals surface area contributed by atoms with Crippen molar-refractivity contribution in [1.29, 1.82) is 5.26 Å². The Bertz CT molecular complexity index is 456. The Hall–Kier alpha value is -0.930. The van der Waals surface area contributed by atoms with Gasteiger partial charge in [-0.15, -0.1) is 11.8 Å². The van der Waals surface area contributed by atoms with Crippen LogP contribution in [0.25, 0.3) is 0 Å². The van der Waals surface area contributed by atoms with Crippen molar-refractivity contribution < 1.29 is 19.1 Å². The second-order valence-electron chi connectivity index (χ2n) is 3.83. The summed E-state index contributed by atoms with van der Waals surface area (Å²) < 4.78 is 8.13. The van der Waals surface area contributed by atoms with Crippen LogP contribution in [-0.2, 0) is 19.1 Å². The predicted octanol–water partition coefficient (Wildman–Crippen LogP) is 1.64. The van der Waals surface area contributed by atoms with Crippen molar-refractivity contribution in [2.24, 2.45) is 0 Å². The third kappa shape index (κ3) is 3.77. The Labute approximate surface area is 129 Å². The first kappa shape index (κ1) is 16.1. The number of nitrogens with zero attached hydrogens (tertiary/aromatic N) is 1. The second kappa shape index (κ2) is 7.01. The lowest BCUT2D eigenvalue weighted by atomic mass is 10.0. The number of carbonyl (C=O) groups is 2. The fourth-order valence-electron chi connectivity index (χ4n) is 1.72. The number of thioether (sulfide) groups is 1. The fourth-order valence-corrected chi connectivity index (χ4v) is 4.84. The van der Waals surface area contributed by atoms with Gasteiger partial charge in [-0.1, -0.05) is 29.0 Å². The molecule has 7 heteroatoms. The molecule has 0 bridgehead atoms. The highest BCUT2D eigenvalue weighted by Gasteiger charge is 2.52. The summed E-state index contributed by atoms with van der Waals surface area (Å²) in [6.07, 6.45) is 7.12. The molecule has 0 aromatic carbocycles. The lowest BCUT2D eigenvalue weighted by Crippen LogP contribution is -2.33. The SMILES string of the molecule is C#COC(=O)C[C@@H]1S[C@](C#N)(C(=O)OCC)C[C@@H]1I. The van der Waals surface area contributed by atoms with Gasteiger partial charge < -0.3 is 9.47 Å². The van der Waals surface area contributed by atoms with Crippen LogP contribution in [0.5, 0.6) is 0 Å². The van der Waals surface area contributed by atoms with Crippen LogP contribution in [0, 0.1) is 23.9 Å². The summed E-state index contributed by atoms with van der Waals surface area (Å²) in [7, 11) is 0. The van der Waals surface area contributed by atoms with Crippen molar-refractivity contribution in [1.82, 2.24) is 0 Å². The van der Waals surface area contributed by atoms with Crippen LogP contribution in [0.1, 0.15) is 19.8 Å². The van der Waals surface area contributed by atoms with Gasteiger partial charge in [0, 0.05) is 9.17 Å². The number of hydrogen-bond donors (Lipinski definition) is 0. The molecule has 102 valence electrons. The summed E-state index contributed by atoms with van der Waals surface area (Å²) in [5.41, 5.74) is 0. The van der Waals surface area contributed by atoms with Crippen LogP contribution in [-0.4, -0.2) is 32.5 Å². The number of ether oxygens (including phenoxy) is 2. The minimum atomic E-state index is -1.23. The number of terminal acetylenes is 1. The molecular weight excluding hydrogens is 381 g/mol. The molecule has 1 aliphatic heterocycles. The molecule has 5 nitrogen and oxygen atoms in total. The Kier molecular flexibility index (Phi) is 5.95. The highest BCUT2D eigenvalue weighted by atomic mass is 127. The number of hydrogen-bond acceptors (Lipinski definition) is 6. The Morgan fingerprint density at radius 2 is 2.32 bits per heavy atom. The van der Waals surface area contributed by atoms with Gasteiger partial charge in [-0.25, -0.2) is 4.79 Å². The van der Waals surface area contributed by atoms with E-state index in [9.17, 15) is 14.9 Å². The minimum absolute atomic E-state index is 0.00280. The monoisotopic (exact) mass is 393 g/mol. The zero-order chi connectivity index (χ0) is 14.5. The molecule has 1 fully saturated rings. The van der Waals surface area contributed by atoms with E-state index in [0.29, 0.717) is 6.42 Å². The van der Waals surface area contributed by atoms with Gasteiger partial charge in [0.2, 0.25) is 4.75 Å². The normalized spacial score (nSPS) is 29.1. The predicted molar refractivity (Wildman–Crippen MR) is 78.3 cm³/mol. The summed E-state index contributed by atoms with van der Waals surface area (Å²) in [6.45, 7) is 1.91. The first-order chi connectivity index (χ1) is 8.99. The third-order valence-corrected chi connectivity index (χ3v) is 5.99. The molecule has 0 amide bonds. The lowest BCUT2D eigenvalue weighted by molar-refractivity contribution is -0.144. The van der Waals surface area contributed by atoms with E-state index in [4.69, 9.17) is 11.2 Å². The maximum Gasteiger partial charge on any atom is 0.336 e. The molecule has 0 radical (unpaired) electrons. The first-order valence-corrected chi connectivity index (χ1v) is 7.67. The standard InChI is InChI=1S/C12H12INO4S/c1-3-17-10(15)5-9-8(13)6-12(7-14,19-9)11(16)18-4-2/h1,8-9H,4-6H2,2H3/t8-,9-,12+/m0/s1. The maximum absolute atomic E-state index is 11.9. The third-order valence-electron chi connectivity index (χ3n) is 2.56. The number of alkyl halides is 1. The number of rotatable bonds is 4. The van der Waals surface area contributed by atoms with Crippen LogP contribution in [0.3, 0.4) is 0 Å². The Morgan fingerprint density at radius 3 is 2.84 bits per heavy atom. The van der Waals surface area contributed by atoms with Crippen molar-refractivity contribution >= 4 is 46.3 Å². The molecule has 0 N–H and O–H groups in total. The molecular formula is C12H12INO4S. The molecule has 1 rings (SSSR count). The van der Waals surface area contributed by atoms with Crippen LogP contribution in [0.2, 0.25) is 0 Å². The average molecular weight is 393 g/mol. The molecule has 0 aromatic heterocycles. The lowest BCUT2D eigenvalue weighted by Gasteiger charge is -2.17. The van der Waals surface area contributed by atoms with E-state index in [2.05, 4.69) is 27.3 Å². The van der Waals surface area contributed by atoms with Gasteiger partial charge in [0.25, 0.3) is 0 Å². The van der Waals surface area contributed by atoms with Gasteiger partial charge >= 0.3 is 11.9 Å².